The average molecular weight is 389 g/mol. The second-order valence-corrected chi connectivity index (χ2v) is 7.71. The van der Waals surface area contributed by atoms with E-state index in [-0.39, 0.29) is 0 Å². The molecule has 1 aromatic heterocycles. The molecule has 0 saturated heterocycles. The summed E-state index contributed by atoms with van der Waals surface area (Å²) >= 11 is 7.04. The van der Waals surface area contributed by atoms with E-state index in [0.29, 0.717) is 14.8 Å². The number of benzene rings is 1. The van der Waals surface area contributed by atoms with Crippen LogP contribution in [0.2, 0.25) is 0 Å². The molecule has 4 nitrogen and oxygen atoms in total. The van der Waals surface area contributed by atoms with Crippen molar-refractivity contribution in [3.63, 3.8) is 0 Å². The van der Waals surface area contributed by atoms with Crippen LogP contribution in [0.15, 0.2) is 29.3 Å². The van der Waals surface area contributed by atoms with Gasteiger partial charge in [0.05, 0.1) is 11.3 Å². The number of nitrogens with two attached hydrogens (primary N) is 1. The fraction of sp³-hybridized carbons (Fsp3) is 0.450. The number of rotatable bonds is 8. The van der Waals surface area contributed by atoms with Gasteiger partial charge in [0.15, 0.2) is 0 Å². The molecule has 0 aliphatic rings. The molecule has 1 heterocycles. The monoisotopic (exact) mass is 388 g/mol. The number of unbranched alkanes of at least 4 members (excludes halogenated alkanes) is 2. The molecule has 0 aliphatic carbocycles. The topological polar surface area (TPSA) is 63.3 Å². The minimum absolute atomic E-state index is 0.662. The summed E-state index contributed by atoms with van der Waals surface area (Å²) in [6.07, 6.45) is 4.35. The van der Waals surface area contributed by atoms with Crippen molar-refractivity contribution in [2.24, 2.45) is 4.99 Å². The van der Waals surface area contributed by atoms with Gasteiger partial charge in [0, 0.05) is 18.7 Å². The first kappa shape index (κ1) is 20.5. The molecule has 0 bridgehead atoms. The Morgan fingerprint density at radius 1 is 1.19 bits per heavy atom. The van der Waals surface area contributed by atoms with Gasteiger partial charge in [-0.25, -0.2) is 4.98 Å². The maximum absolute atomic E-state index is 6.39. The number of hydrogen-bond acceptors (Lipinski definition) is 5. The number of nitrogens with one attached hydrogen (secondary N) is 1. The molecule has 0 saturated carbocycles. The molecule has 3 N–H and O–H groups in total. The van der Waals surface area contributed by atoms with Crippen LogP contribution in [-0.4, -0.2) is 23.1 Å². The zero-order chi connectivity index (χ0) is 18.9. The standard InChI is InChI=1S/C20H28N4S2/c1-4-6-12-22-19(25)16-17(15-10-8-14(3)9-11-15)24-20(26-18(16)21)23-13-7-5-2/h8-11H,4-7,12-13,21H2,1-3H3,(H,22,25). The molecule has 0 atom stereocenters. The van der Waals surface area contributed by atoms with Crippen molar-refractivity contribution in [3.8, 4) is 11.3 Å². The normalized spacial score (nSPS) is 11.6. The molecular formula is C20H28N4S2. The highest BCUT2D eigenvalue weighted by molar-refractivity contribution is 7.80. The quantitative estimate of drug-likeness (QED) is 0.517. The Morgan fingerprint density at radius 2 is 1.88 bits per heavy atom. The van der Waals surface area contributed by atoms with Gasteiger partial charge in [-0.2, -0.15) is 0 Å². The molecule has 0 radical (unpaired) electrons. The van der Waals surface area contributed by atoms with E-state index in [1.165, 1.54) is 16.9 Å². The Kier molecular flexibility index (Phi) is 8.19. The molecule has 0 aliphatic heterocycles. The Morgan fingerprint density at radius 3 is 2.54 bits per heavy atom. The third-order valence-electron chi connectivity index (χ3n) is 4.02. The number of thiocarbonyl (C=S) groups is 1. The van der Waals surface area contributed by atoms with Crippen LogP contribution in [0.4, 0.5) is 5.00 Å². The van der Waals surface area contributed by atoms with Gasteiger partial charge < -0.3 is 11.1 Å². The third-order valence-corrected chi connectivity index (χ3v) is 5.19. The number of hydrogen-bond donors (Lipinski definition) is 2. The van der Waals surface area contributed by atoms with Gasteiger partial charge in [-0.05, 0) is 19.8 Å². The second kappa shape index (κ2) is 10.4. The average Bonchev–Trinajstić information content (AvgIpc) is 2.62. The van der Waals surface area contributed by atoms with E-state index >= 15 is 0 Å². The van der Waals surface area contributed by atoms with Gasteiger partial charge in [0.1, 0.15) is 9.99 Å². The largest absolute Gasteiger partial charge is 0.390 e. The smallest absolute Gasteiger partial charge is 0.206 e. The van der Waals surface area contributed by atoms with Crippen LogP contribution in [0.3, 0.4) is 0 Å². The van der Waals surface area contributed by atoms with Crippen LogP contribution < -0.4 is 15.9 Å². The SMILES string of the molecule is CCCCN=c1nc(-c2ccc(C)cc2)c(C(=S)NCCCC)c(N)s1. The lowest BCUT2D eigenvalue weighted by Crippen LogP contribution is -2.26. The molecule has 0 spiro atoms. The zero-order valence-electron chi connectivity index (χ0n) is 15.8. The Balaban J connectivity index is 2.49. The lowest BCUT2D eigenvalue weighted by molar-refractivity contribution is 0.759. The van der Waals surface area contributed by atoms with E-state index in [0.717, 1.165) is 55.6 Å². The molecular weight excluding hydrogens is 360 g/mol. The minimum Gasteiger partial charge on any atom is -0.390 e. The fourth-order valence-corrected chi connectivity index (χ4v) is 3.61. The minimum atomic E-state index is 0.662. The van der Waals surface area contributed by atoms with Crippen LogP contribution in [0.1, 0.15) is 50.7 Å². The van der Waals surface area contributed by atoms with Crippen molar-refractivity contribution in [2.75, 3.05) is 18.8 Å². The van der Waals surface area contributed by atoms with Gasteiger partial charge in [-0.1, -0.05) is 80.1 Å². The number of anilines is 1. The van der Waals surface area contributed by atoms with Gasteiger partial charge in [-0.15, -0.1) is 0 Å². The first-order valence-electron chi connectivity index (χ1n) is 9.23. The second-order valence-electron chi connectivity index (χ2n) is 6.30. The predicted molar refractivity (Wildman–Crippen MR) is 117 cm³/mol. The zero-order valence-corrected chi connectivity index (χ0v) is 17.5. The molecule has 0 unspecified atom stereocenters. The molecule has 26 heavy (non-hydrogen) atoms. The van der Waals surface area contributed by atoms with E-state index < -0.39 is 0 Å². The Bertz CT molecular complexity index is 794. The summed E-state index contributed by atoms with van der Waals surface area (Å²) in [5.74, 6) is 0. The highest BCUT2D eigenvalue weighted by atomic mass is 32.1. The van der Waals surface area contributed by atoms with Crippen molar-refractivity contribution in [2.45, 2.75) is 46.5 Å². The first-order valence-corrected chi connectivity index (χ1v) is 10.5. The molecule has 1 aromatic carbocycles. The highest BCUT2D eigenvalue weighted by Gasteiger charge is 2.16. The van der Waals surface area contributed by atoms with Crippen molar-refractivity contribution in [1.29, 1.82) is 0 Å². The van der Waals surface area contributed by atoms with E-state index in [1.807, 2.05) is 0 Å². The maximum atomic E-state index is 6.39. The summed E-state index contributed by atoms with van der Waals surface area (Å²) in [5.41, 5.74) is 10.2. The van der Waals surface area contributed by atoms with Crippen molar-refractivity contribution < 1.29 is 0 Å². The maximum Gasteiger partial charge on any atom is 0.206 e. The van der Waals surface area contributed by atoms with Gasteiger partial charge in [-0.3, -0.25) is 4.99 Å². The van der Waals surface area contributed by atoms with E-state index in [1.54, 1.807) is 0 Å². The van der Waals surface area contributed by atoms with Crippen molar-refractivity contribution in [1.82, 2.24) is 10.3 Å². The van der Waals surface area contributed by atoms with E-state index in [2.05, 4.69) is 55.3 Å². The lowest BCUT2D eigenvalue weighted by Gasteiger charge is -2.14. The number of aryl methyl sites for hydroxylation is 1. The van der Waals surface area contributed by atoms with E-state index in [9.17, 15) is 0 Å². The van der Waals surface area contributed by atoms with Gasteiger partial charge in [0.2, 0.25) is 4.80 Å². The number of aromatic nitrogens is 1. The molecule has 140 valence electrons. The third kappa shape index (κ3) is 5.61. The molecule has 0 fully saturated rings. The summed E-state index contributed by atoms with van der Waals surface area (Å²) in [4.78, 5) is 10.8. The lowest BCUT2D eigenvalue weighted by atomic mass is 10.1. The van der Waals surface area contributed by atoms with Crippen LogP contribution in [0.25, 0.3) is 11.3 Å². The Labute approximate surface area is 165 Å². The van der Waals surface area contributed by atoms with Gasteiger partial charge in [0.25, 0.3) is 0 Å². The van der Waals surface area contributed by atoms with Crippen LogP contribution in [0.5, 0.6) is 0 Å². The summed E-state index contributed by atoms with van der Waals surface area (Å²) in [5, 5.41) is 3.99. The fourth-order valence-electron chi connectivity index (χ4n) is 2.45. The molecule has 0 amide bonds. The van der Waals surface area contributed by atoms with E-state index in [4.69, 9.17) is 22.9 Å². The molecule has 2 aromatic rings. The molecule has 2 rings (SSSR count). The Hall–Kier alpha value is -1.79. The summed E-state index contributed by atoms with van der Waals surface area (Å²) in [7, 11) is 0. The highest BCUT2D eigenvalue weighted by Crippen LogP contribution is 2.27. The number of nitrogens with zero attached hydrogens (tertiary/aromatic N) is 2. The summed E-state index contributed by atoms with van der Waals surface area (Å²) in [6, 6.07) is 8.29. The first-order chi connectivity index (χ1) is 12.6. The predicted octanol–water partition coefficient (Wildman–Crippen LogP) is 4.47. The summed E-state index contributed by atoms with van der Waals surface area (Å²) in [6.45, 7) is 8.00. The van der Waals surface area contributed by atoms with Crippen molar-refractivity contribution >= 4 is 33.5 Å². The summed E-state index contributed by atoms with van der Waals surface area (Å²) < 4.78 is 0. The number of nitrogen functional groups attached to an aromatic ring is 1. The van der Waals surface area contributed by atoms with Crippen molar-refractivity contribution in [3.05, 3.63) is 40.2 Å². The van der Waals surface area contributed by atoms with Crippen LogP contribution in [0, 0.1) is 6.92 Å². The molecule has 6 heteroatoms. The van der Waals surface area contributed by atoms with Crippen LogP contribution >= 0.6 is 23.6 Å². The van der Waals surface area contributed by atoms with Gasteiger partial charge >= 0.3 is 0 Å². The van der Waals surface area contributed by atoms with Crippen LogP contribution in [-0.2, 0) is 0 Å².